The molecule has 2 unspecified atom stereocenters. The minimum atomic E-state index is -0.437. The number of carbonyl (C=O) groups excluding carboxylic acids is 1. The Morgan fingerprint density at radius 3 is 2.68 bits per heavy atom. The minimum absolute atomic E-state index is 0.251. The van der Waals surface area contributed by atoms with Crippen molar-refractivity contribution in [1.82, 2.24) is 15.5 Å². The molecule has 5 nitrogen and oxygen atoms in total. The van der Waals surface area contributed by atoms with E-state index in [1.165, 1.54) is 19.4 Å². The minimum Gasteiger partial charge on any atom is -0.444 e. The van der Waals surface area contributed by atoms with E-state index in [-0.39, 0.29) is 12.1 Å². The second-order valence-corrected chi connectivity index (χ2v) is 6.47. The van der Waals surface area contributed by atoms with Crippen molar-refractivity contribution in [3.8, 4) is 0 Å². The molecule has 0 saturated carbocycles. The van der Waals surface area contributed by atoms with E-state index in [9.17, 15) is 4.79 Å². The number of rotatable bonds is 5. The maximum atomic E-state index is 11.5. The molecule has 1 aliphatic heterocycles. The van der Waals surface area contributed by atoms with Crippen LogP contribution >= 0.6 is 0 Å². The van der Waals surface area contributed by atoms with Gasteiger partial charge in [-0.2, -0.15) is 0 Å². The topological polar surface area (TPSA) is 53.6 Å². The van der Waals surface area contributed by atoms with Gasteiger partial charge < -0.3 is 20.3 Å². The standard InChI is InChI=1S/C14H29N3O2/c1-11(9-16-13(18)19-14(2,3)4)15-10-12-7-6-8-17(12)5/h11-12,15H,6-10H2,1-5H3,(H,16,18). The third kappa shape index (κ3) is 6.78. The highest BCUT2D eigenvalue weighted by molar-refractivity contribution is 5.67. The Labute approximate surface area is 117 Å². The van der Waals surface area contributed by atoms with E-state index in [1.54, 1.807) is 0 Å². The lowest BCUT2D eigenvalue weighted by Gasteiger charge is -2.24. The van der Waals surface area contributed by atoms with Gasteiger partial charge in [0.1, 0.15) is 5.60 Å². The van der Waals surface area contributed by atoms with E-state index in [2.05, 4.69) is 29.5 Å². The molecule has 1 rings (SSSR count). The van der Waals surface area contributed by atoms with Crippen LogP contribution in [0.5, 0.6) is 0 Å². The Kier molecular flexibility index (Phi) is 6.07. The number of nitrogens with one attached hydrogen (secondary N) is 2. The van der Waals surface area contributed by atoms with E-state index in [0.717, 1.165) is 6.54 Å². The molecule has 0 aromatic heterocycles. The molecule has 5 heteroatoms. The molecular weight excluding hydrogens is 242 g/mol. The fraction of sp³-hybridized carbons (Fsp3) is 0.929. The first kappa shape index (κ1) is 16.2. The molecule has 1 heterocycles. The summed E-state index contributed by atoms with van der Waals surface area (Å²) in [5.74, 6) is 0. The summed E-state index contributed by atoms with van der Waals surface area (Å²) in [5, 5.41) is 6.25. The fourth-order valence-corrected chi connectivity index (χ4v) is 2.20. The van der Waals surface area contributed by atoms with Gasteiger partial charge in [-0.15, -0.1) is 0 Å². The molecule has 0 aromatic carbocycles. The van der Waals surface area contributed by atoms with E-state index in [1.807, 2.05) is 20.8 Å². The molecule has 19 heavy (non-hydrogen) atoms. The van der Waals surface area contributed by atoms with Crippen LogP contribution in [0, 0.1) is 0 Å². The molecule has 0 bridgehead atoms. The molecule has 0 spiro atoms. The molecule has 0 aromatic rings. The normalized spacial score (nSPS) is 22.3. The maximum Gasteiger partial charge on any atom is 0.407 e. The highest BCUT2D eigenvalue weighted by Gasteiger charge is 2.21. The number of hydrogen-bond acceptors (Lipinski definition) is 4. The summed E-state index contributed by atoms with van der Waals surface area (Å²) in [4.78, 5) is 13.9. The van der Waals surface area contributed by atoms with Crippen LogP contribution in [0.3, 0.4) is 0 Å². The van der Waals surface area contributed by atoms with Crippen molar-refractivity contribution in [3.63, 3.8) is 0 Å². The third-order valence-corrected chi connectivity index (χ3v) is 3.32. The molecular formula is C14H29N3O2. The molecule has 1 aliphatic rings. The van der Waals surface area contributed by atoms with Crippen molar-refractivity contribution in [2.75, 3.05) is 26.7 Å². The summed E-state index contributed by atoms with van der Waals surface area (Å²) >= 11 is 0. The second-order valence-electron chi connectivity index (χ2n) is 6.47. The lowest BCUT2D eigenvalue weighted by Crippen LogP contribution is -2.45. The van der Waals surface area contributed by atoms with Gasteiger partial charge >= 0.3 is 6.09 Å². The summed E-state index contributed by atoms with van der Waals surface area (Å²) in [6.45, 7) is 10.4. The molecule has 0 radical (unpaired) electrons. The van der Waals surface area contributed by atoms with Gasteiger partial charge in [0, 0.05) is 25.2 Å². The Morgan fingerprint density at radius 1 is 1.47 bits per heavy atom. The molecule has 1 saturated heterocycles. The van der Waals surface area contributed by atoms with Crippen LogP contribution in [0.4, 0.5) is 4.79 Å². The van der Waals surface area contributed by atoms with Gasteiger partial charge in [0.15, 0.2) is 0 Å². The number of amides is 1. The van der Waals surface area contributed by atoms with Crippen molar-refractivity contribution < 1.29 is 9.53 Å². The average Bonchev–Trinajstić information content (AvgIpc) is 2.67. The summed E-state index contributed by atoms with van der Waals surface area (Å²) in [5.41, 5.74) is -0.437. The van der Waals surface area contributed by atoms with E-state index in [0.29, 0.717) is 12.6 Å². The van der Waals surface area contributed by atoms with Crippen molar-refractivity contribution in [1.29, 1.82) is 0 Å². The lowest BCUT2D eigenvalue weighted by molar-refractivity contribution is 0.0523. The van der Waals surface area contributed by atoms with E-state index >= 15 is 0 Å². The zero-order valence-corrected chi connectivity index (χ0v) is 13.0. The largest absolute Gasteiger partial charge is 0.444 e. The fourth-order valence-electron chi connectivity index (χ4n) is 2.20. The molecule has 0 aliphatic carbocycles. The molecule has 2 N–H and O–H groups in total. The number of nitrogens with zero attached hydrogens (tertiary/aromatic N) is 1. The lowest BCUT2D eigenvalue weighted by atomic mass is 10.2. The van der Waals surface area contributed by atoms with Crippen molar-refractivity contribution in [3.05, 3.63) is 0 Å². The van der Waals surface area contributed by atoms with Crippen LogP contribution in [0.25, 0.3) is 0 Å². The number of likely N-dealkylation sites (tertiary alicyclic amines) is 1. The SMILES string of the molecule is CC(CNC(=O)OC(C)(C)C)NCC1CCCN1C. The Bertz CT molecular complexity index is 289. The Balaban J connectivity index is 2.14. The first-order valence-corrected chi connectivity index (χ1v) is 7.18. The quantitative estimate of drug-likeness (QED) is 0.797. The molecule has 112 valence electrons. The number of carbonyl (C=O) groups is 1. The summed E-state index contributed by atoms with van der Waals surface area (Å²) in [6, 6.07) is 0.880. The summed E-state index contributed by atoms with van der Waals surface area (Å²) in [6.07, 6.45) is 2.20. The first-order valence-electron chi connectivity index (χ1n) is 7.18. The summed E-state index contributed by atoms with van der Waals surface area (Å²) < 4.78 is 5.20. The van der Waals surface area contributed by atoms with Gasteiger partial charge in [0.25, 0.3) is 0 Å². The van der Waals surface area contributed by atoms with Gasteiger partial charge in [-0.3, -0.25) is 0 Å². The van der Waals surface area contributed by atoms with Crippen LogP contribution in [0.1, 0.15) is 40.5 Å². The number of likely N-dealkylation sites (N-methyl/N-ethyl adjacent to an activating group) is 1. The number of alkyl carbamates (subject to hydrolysis) is 1. The van der Waals surface area contributed by atoms with Crippen LogP contribution in [0.2, 0.25) is 0 Å². The van der Waals surface area contributed by atoms with Crippen LogP contribution in [-0.4, -0.2) is 55.4 Å². The molecule has 2 atom stereocenters. The van der Waals surface area contributed by atoms with Crippen molar-refractivity contribution in [2.24, 2.45) is 0 Å². The summed E-state index contributed by atoms with van der Waals surface area (Å²) in [7, 11) is 2.17. The van der Waals surface area contributed by atoms with E-state index in [4.69, 9.17) is 4.74 Å². The molecule has 1 amide bonds. The highest BCUT2D eigenvalue weighted by Crippen LogP contribution is 2.13. The van der Waals surface area contributed by atoms with Gasteiger partial charge in [-0.05, 0) is 54.1 Å². The van der Waals surface area contributed by atoms with Crippen LogP contribution < -0.4 is 10.6 Å². The third-order valence-electron chi connectivity index (χ3n) is 3.32. The second kappa shape index (κ2) is 7.10. The first-order chi connectivity index (χ1) is 8.78. The van der Waals surface area contributed by atoms with Gasteiger partial charge in [-0.25, -0.2) is 4.79 Å². The van der Waals surface area contributed by atoms with Crippen molar-refractivity contribution >= 4 is 6.09 Å². The smallest absolute Gasteiger partial charge is 0.407 e. The predicted molar refractivity (Wildman–Crippen MR) is 77.4 cm³/mol. The Morgan fingerprint density at radius 2 is 2.16 bits per heavy atom. The maximum absolute atomic E-state index is 11.5. The number of ether oxygens (including phenoxy) is 1. The van der Waals surface area contributed by atoms with Crippen molar-refractivity contribution in [2.45, 2.75) is 58.2 Å². The highest BCUT2D eigenvalue weighted by atomic mass is 16.6. The Hall–Kier alpha value is -0.810. The van der Waals surface area contributed by atoms with Gasteiger partial charge in [0.2, 0.25) is 0 Å². The number of hydrogen-bond donors (Lipinski definition) is 2. The van der Waals surface area contributed by atoms with Crippen LogP contribution in [-0.2, 0) is 4.74 Å². The van der Waals surface area contributed by atoms with Gasteiger partial charge in [0.05, 0.1) is 0 Å². The zero-order chi connectivity index (χ0) is 14.5. The monoisotopic (exact) mass is 271 g/mol. The van der Waals surface area contributed by atoms with Crippen LogP contribution in [0.15, 0.2) is 0 Å². The zero-order valence-electron chi connectivity index (χ0n) is 13.0. The molecule has 1 fully saturated rings. The predicted octanol–water partition coefficient (Wildman–Crippen LogP) is 1.58. The average molecular weight is 271 g/mol. The van der Waals surface area contributed by atoms with Gasteiger partial charge in [-0.1, -0.05) is 0 Å². The van der Waals surface area contributed by atoms with E-state index < -0.39 is 5.60 Å².